The normalized spacial score (nSPS) is 13.3. The molecule has 0 aromatic heterocycles. The summed E-state index contributed by atoms with van der Waals surface area (Å²) < 4.78 is 18.7. The van der Waals surface area contributed by atoms with Crippen molar-refractivity contribution in [2.45, 2.75) is 12.8 Å². The molecule has 124 valence electrons. The summed E-state index contributed by atoms with van der Waals surface area (Å²) in [6.07, 6.45) is 1.76. The van der Waals surface area contributed by atoms with E-state index in [4.69, 9.17) is 16.3 Å². The van der Waals surface area contributed by atoms with Crippen LogP contribution < -0.4 is 4.90 Å². The zero-order chi connectivity index (χ0) is 17.1. The maximum absolute atomic E-state index is 13.7. The Balaban J connectivity index is 1.67. The standard InChI is InChI=1S/C18H15ClFNO3/c19-13-7-8-14(15(20)10-13)18(23)24-11-17(22)21-9-3-5-12-4-1-2-6-16(12)21/h1-2,4,6-8,10H,3,5,9,11H2. The second kappa shape index (κ2) is 7.01. The predicted octanol–water partition coefficient (Wildman–Crippen LogP) is 3.62. The van der Waals surface area contributed by atoms with Crippen LogP contribution in [0.5, 0.6) is 0 Å². The molecule has 24 heavy (non-hydrogen) atoms. The van der Waals surface area contributed by atoms with Gasteiger partial charge in [0.25, 0.3) is 5.91 Å². The van der Waals surface area contributed by atoms with Crippen molar-refractivity contribution in [2.75, 3.05) is 18.1 Å². The Morgan fingerprint density at radius 2 is 2.00 bits per heavy atom. The van der Waals surface area contributed by atoms with Crippen LogP contribution in [0.4, 0.5) is 10.1 Å². The molecule has 0 unspecified atom stereocenters. The molecule has 1 aliphatic rings. The highest BCUT2D eigenvalue weighted by Crippen LogP contribution is 2.26. The first-order valence-corrected chi connectivity index (χ1v) is 7.94. The zero-order valence-corrected chi connectivity index (χ0v) is 13.6. The third kappa shape index (κ3) is 3.41. The Morgan fingerprint density at radius 1 is 1.21 bits per heavy atom. The van der Waals surface area contributed by atoms with Crippen LogP contribution in [0.1, 0.15) is 22.3 Å². The van der Waals surface area contributed by atoms with E-state index in [1.807, 2.05) is 24.3 Å². The van der Waals surface area contributed by atoms with Crippen molar-refractivity contribution < 1.29 is 18.7 Å². The number of halogens is 2. The molecule has 0 radical (unpaired) electrons. The van der Waals surface area contributed by atoms with Gasteiger partial charge in [0.1, 0.15) is 5.82 Å². The molecule has 6 heteroatoms. The van der Waals surface area contributed by atoms with Crippen molar-refractivity contribution in [3.05, 3.63) is 64.4 Å². The number of anilines is 1. The van der Waals surface area contributed by atoms with Gasteiger partial charge < -0.3 is 9.64 Å². The van der Waals surface area contributed by atoms with E-state index in [0.29, 0.717) is 6.54 Å². The van der Waals surface area contributed by atoms with Gasteiger partial charge in [0.15, 0.2) is 6.61 Å². The van der Waals surface area contributed by atoms with E-state index in [1.165, 1.54) is 12.1 Å². The van der Waals surface area contributed by atoms with Gasteiger partial charge in [-0.2, -0.15) is 0 Å². The van der Waals surface area contributed by atoms with Crippen LogP contribution in [0.3, 0.4) is 0 Å². The van der Waals surface area contributed by atoms with Crippen LogP contribution in [0, 0.1) is 5.82 Å². The first kappa shape index (κ1) is 16.5. The molecule has 0 bridgehead atoms. The van der Waals surface area contributed by atoms with Gasteiger partial charge >= 0.3 is 5.97 Å². The number of benzene rings is 2. The highest BCUT2D eigenvalue weighted by molar-refractivity contribution is 6.30. The van der Waals surface area contributed by atoms with E-state index in [0.717, 1.165) is 30.2 Å². The Morgan fingerprint density at radius 3 is 2.79 bits per heavy atom. The van der Waals surface area contributed by atoms with Crippen LogP contribution in [0.15, 0.2) is 42.5 Å². The van der Waals surface area contributed by atoms with Gasteiger partial charge in [0.05, 0.1) is 5.56 Å². The molecule has 0 fully saturated rings. The number of aryl methyl sites for hydroxylation is 1. The number of hydrogen-bond donors (Lipinski definition) is 0. The second-order valence-electron chi connectivity index (χ2n) is 5.48. The van der Waals surface area contributed by atoms with E-state index in [9.17, 15) is 14.0 Å². The van der Waals surface area contributed by atoms with Crippen LogP contribution in [-0.2, 0) is 16.0 Å². The number of fused-ring (bicyclic) bond motifs is 1. The van der Waals surface area contributed by atoms with E-state index >= 15 is 0 Å². The monoisotopic (exact) mass is 347 g/mol. The lowest BCUT2D eigenvalue weighted by Crippen LogP contribution is -2.38. The highest BCUT2D eigenvalue weighted by Gasteiger charge is 2.23. The molecule has 1 amide bonds. The molecule has 3 rings (SSSR count). The minimum atomic E-state index is -0.886. The summed E-state index contributed by atoms with van der Waals surface area (Å²) in [5, 5.41) is 0.185. The predicted molar refractivity (Wildman–Crippen MR) is 88.8 cm³/mol. The summed E-state index contributed by atoms with van der Waals surface area (Å²) >= 11 is 5.65. The number of rotatable bonds is 3. The van der Waals surface area contributed by atoms with Gasteiger partial charge in [0, 0.05) is 17.3 Å². The number of ether oxygens (including phenoxy) is 1. The molecule has 4 nitrogen and oxygen atoms in total. The van der Waals surface area contributed by atoms with Crippen LogP contribution >= 0.6 is 11.6 Å². The Hall–Kier alpha value is -2.40. The quantitative estimate of drug-likeness (QED) is 0.797. The Kier molecular flexibility index (Phi) is 4.81. The number of carbonyl (C=O) groups excluding carboxylic acids is 2. The largest absolute Gasteiger partial charge is 0.452 e. The molecule has 2 aromatic carbocycles. The van der Waals surface area contributed by atoms with Crippen molar-refractivity contribution in [1.29, 1.82) is 0 Å². The zero-order valence-electron chi connectivity index (χ0n) is 12.8. The van der Waals surface area contributed by atoms with Crippen molar-refractivity contribution in [3.63, 3.8) is 0 Å². The number of amides is 1. The van der Waals surface area contributed by atoms with Gasteiger partial charge in [-0.05, 0) is 42.7 Å². The summed E-state index contributed by atoms with van der Waals surface area (Å²) in [4.78, 5) is 25.9. The van der Waals surface area contributed by atoms with Gasteiger partial charge in [0.2, 0.25) is 0 Å². The smallest absolute Gasteiger partial charge is 0.341 e. The molecule has 0 spiro atoms. The van der Waals surface area contributed by atoms with Gasteiger partial charge in [-0.1, -0.05) is 29.8 Å². The van der Waals surface area contributed by atoms with Gasteiger partial charge in [-0.3, -0.25) is 4.79 Å². The van der Waals surface area contributed by atoms with Crippen molar-refractivity contribution in [1.82, 2.24) is 0 Å². The topological polar surface area (TPSA) is 46.6 Å². The van der Waals surface area contributed by atoms with Gasteiger partial charge in [-0.25, -0.2) is 9.18 Å². The lowest BCUT2D eigenvalue weighted by molar-refractivity contribution is -0.121. The summed E-state index contributed by atoms with van der Waals surface area (Å²) in [5.74, 6) is -1.99. The van der Waals surface area contributed by atoms with Crippen molar-refractivity contribution >= 4 is 29.2 Å². The van der Waals surface area contributed by atoms with Crippen LogP contribution in [0.2, 0.25) is 5.02 Å². The SMILES string of the molecule is O=C(OCC(=O)N1CCCc2ccccc21)c1ccc(Cl)cc1F. The van der Waals surface area contributed by atoms with Crippen LogP contribution in [0.25, 0.3) is 0 Å². The summed E-state index contributed by atoms with van der Waals surface area (Å²) in [6.45, 7) is 0.137. The molecule has 0 N–H and O–H groups in total. The lowest BCUT2D eigenvalue weighted by atomic mass is 10.0. The molecular weight excluding hydrogens is 333 g/mol. The maximum atomic E-state index is 13.7. The summed E-state index contributed by atoms with van der Waals surface area (Å²) in [6, 6.07) is 11.3. The molecule has 1 aliphatic heterocycles. The number of hydrogen-bond acceptors (Lipinski definition) is 3. The summed E-state index contributed by atoms with van der Waals surface area (Å²) in [5.41, 5.74) is 1.68. The first-order valence-electron chi connectivity index (χ1n) is 7.56. The number of para-hydroxylation sites is 1. The Bertz CT molecular complexity index is 794. The van der Waals surface area contributed by atoms with Gasteiger partial charge in [-0.15, -0.1) is 0 Å². The fraction of sp³-hybridized carbons (Fsp3) is 0.222. The maximum Gasteiger partial charge on any atom is 0.341 e. The fourth-order valence-corrected chi connectivity index (χ4v) is 2.89. The van der Waals surface area contributed by atoms with Crippen LogP contribution in [-0.4, -0.2) is 25.0 Å². The number of carbonyl (C=O) groups is 2. The van der Waals surface area contributed by atoms with E-state index in [-0.39, 0.29) is 16.5 Å². The average Bonchev–Trinajstić information content (AvgIpc) is 2.59. The van der Waals surface area contributed by atoms with E-state index < -0.39 is 18.4 Å². The third-order valence-corrected chi connectivity index (χ3v) is 4.12. The minimum Gasteiger partial charge on any atom is -0.452 e. The van der Waals surface area contributed by atoms with Crippen molar-refractivity contribution in [2.24, 2.45) is 0 Å². The number of nitrogens with zero attached hydrogens (tertiary/aromatic N) is 1. The third-order valence-electron chi connectivity index (χ3n) is 3.89. The number of esters is 1. The summed E-state index contributed by atoms with van der Waals surface area (Å²) in [7, 11) is 0. The van der Waals surface area contributed by atoms with Crippen molar-refractivity contribution in [3.8, 4) is 0 Å². The first-order chi connectivity index (χ1) is 11.6. The van der Waals surface area contributed by atoms with E-state index in [2.05, 4.69) is 0 Å². The fourth-order valence-electron chi connectivity index (χ4n) is 2.73. The molecule has 2 aromatic rings. The molecule has 0 saturated heterocycles. The molecular formula is C18H15ClFNO3. The molecule has 0 saturated carbocycles. The molecule has 1 heterocycles. The molecule has 0 aliphatic carbocycles. The lowest BCUT2D eigenvalue weighted by Gasteiger charge is -2.29. The average molecular weight is 348 g/mol. The van der Waals surface area contributed by atoms with E-state index in [1.54, 1.807) is 4.90 Å². The molecule has 0 atom stereocenters. The Labute approximate surface area is 143 Å². The second-order valence-corrected chi connectivity index (χ2v) is 5.91. The minimum absolute atomic E-state index is 0.185. The highest BCUT2D eigenvalue weighted by atomic mass is 35.5.